The minimum atomic E-state index is -1.64. The van der Waals surface area contributed by atoms with Gasteiger partial charge in [0, 0.05) is 0 Å². The van der Waals surface area contributed by atoms with Gasteiger partial charge in [-0.25, -0.2) is 0 Å². The molecule has 0 aliphatic rings. The molecule has 1 aromatic rings. The molecule has 6 nitrogen and oxygen atoms in total. The smallest absolute Gasteiger partial charge is 0.259 e. The monoisotopic (exact) mass is 279 g/mol. The van der Waals surface area contributed by atoms with E-state index < -0.39 is 16.0 Å². The Morgan fingerprint density at radius 2 is 1.65 bits per heavy atom. The van der Waals surface area contributed by atoms with Crippen LogP contribution < -0.4 is 0 Å². The minimum absolute atomic E-state index is 0.0203. The Labute approximate surface area is 118 Å². The number of rotatable bonds is 10. The molecule has 1 aromatic carbocycles. The van der Waals surface area contributed by atoms with Crippen molar-refractivity contribution in [3.63, 3.8) is 0 Å². The van der Waals surface area contributed by atoms with Crippen LogP contribution in [0.5, 0.6) is 0 Å². The lowest BCUT2D eigenvalue weighted by Gasteiger charge is -2.03. The Morgan fingerprint density at radius 1 is 1.00 bits per heavy atom. The van der Waals surface area contributed by atoms with Crippen molar-refractivity contribution < 1.29 is 9.85 Å². The number of unbranched alkanes of at least 4 members (excludes halogenated alkanes) is 4. The van der Waals surface area contributed by atoms with E-state index >= 15 is 0 Å². The lowest BCUT2D eigenvalue weighted by atomic mass is 10.0. The molecule has 0 N–H and O–H groups in total. The van der Waals surface area contributed by atoms with Crippen molar-refractivity contribution in [2.24, 2.45) is 0 Å². The predicted octanol–water partition coefficient (Wildman–Crippen LogP) is 3.25. The number of benzene rings is 1. The van der Waals surface area contributed by atoms with Gasteiger partial charge in [0.1, 0.15) is 0 Å². The van der Waals surface area contributed by atoms with Crippen molar-refractivity contribution >= 4 is 0 Å². The lowest BCUT2D eigenvalue weighted by molar-refractivity contribution is -0.743. The largest absolute Gasteiger partial charge is 0.450 e. The van der Waals surface area contributed by atoms with E-state index in [-0.39, 0.29) is 6.42 Å². The maximum Gasteiger partial charge on any atom is 0.450 e. The van der Waals surface area contributed by atoms with Crippen molar-refractivity contribution in [1.29, 1.82) is 0 Å². The molecule has 0 unspecified atom stereocenters. The van der Waals surface area contributed by atoms with E-state index in [2.05, 4.69) is 6.07 Å². The molecule has 6 heteroatoms. The summed E-state index contributed by atoms with van der Waals surface area (Å²) in [5, 5.41) is 20.8. The molecule has 0 saturated carbocycles. The second-order valence-corrected chi connectivity index (χ2v) is 4.75. The van der Waals surface area contributed by atoms with Gasteiger partial charge in [-0.05, 0) is 30.9 Å². The third-order valence-electron chi connectivity index (χ3n) is 3.17. The summed E-state index contributed by atoms with van der Waals surface area (Å²) in [7, 11) is 0. The van der Waals surface area contributed by atoms with Crippen LogP contribution in [0.25, 0.3) is 0 Å². The first-order valence-electron chi connectivity index (χ1n) is 6.84. The van der Waals surface area contributed by atoms with Crippen LogP contribution in [0.1, 0.15) is 44.1 Å². The fraction of sp³-hybridized carbons (Fsp3) is 0.571. The van der Waals surface area contributed by atoms with E-state index in [4.69, 9.17) is 0 Å². The van der Waals surface area contributed by atoms with Gasteiger partial charge in [-0.15, -0.1) is 0 Å². The third-order valence-corrected chi connectivity index (χ3v) is 3.17. The molecule has 0 amide bonds. The van der Waals surface area contributed by atoms with Gasteiger partial charge in [-0.3, -0.25) is 20.2 Å². The van der Waals surface area contributed by atoms with Crippen molar-refractivity contribution in [2.75, 3.05) is 0 Å². The molecule has 1 radical (unpaired) electrons. The maximum absolute atomic E-state index is 10.4. The Morgan fingerprint density at radius 3 is 2.25 bits per heavy atom. The van der Waals surface area contributed by atoms with Gasteiger partial charge < -0.3 is 0 Å². The molecule has 0 aliphatic carbocycles. The molecule has 0 spiro atoms. The summed E-state index contributed by atoms with van der Waals surface area (Å²) in [6.07, 6.45) is 3.72. The van der Waals surface area contributed by atoms with Crippen LogP contribution in [0, 0.1) is 26.3 Å². The summed E-state index contributed by atoms with van der Waals surface area (Å²) >= 11 is 0. The predicted molar refractivity (Wildman–Crippen MR) is 74.5 cm³/mol. The molecule has 0 aromatic heterocycles. The summed E-state index contributed by atoms with van der Waals surface area (Å²) in [6.45, 7) is 0. The molecular weight excluding hydrogens is 260 g/mol. The number of nitrogens with zero attached hydrogens (tertiary/aromatic N) is 2. The molecule has 0 atom stereocenters. The van der Waals surface area contributed by atoms with E-state index in [9.17, 15) is 20.2 Å². The number of aryl methyl sites for hydroxylation is 1. The third kappa shape index (κ3) is 6.26. The van der Waals surface area contributed by atoms with E-state index in [1.165, 1.54) is 5.56 Å². The van der Waals surface area contributed by atoms with Gasteiger partial charge in [0.2, 0.25) is 0 Å². The van der Waals surface area contributed by atoms with E-state index in [0.717, 1.165) is 32.1 Å². The average Bonchev–Trinajstić information content (AvgIpc) is 2.42. The van der Waals surface area contributed by atoms with Crippen LogP contribution in [0.2, 0.25) is 0 Å². The van der Waals surface area contributed by atoms with Crippen molar-refractivity contribution in [3.8, 4) is 0 Å². The average molecular weight is 279 g/mol. The molecule has 20 heavy (non-hydrogen) atoms. The lowest BCUT2D eigenvalue weighted by Crippen LogP contribution is -2.28. The SMILES string of the molecule is O=[N+]([O-])C(CCCCCCCc1[c]cccc1)[N+](=O)[O-]. The highest BCUT2D eigenvalue weighted by molar-refractivity contribution is 5.12. The Kier molecular flexibility index (Phi) is 7.24. The first-order valence-corrected chi connectivity index (χ1v) is 6.84. The van der Waals surface area contributed by atoms with Crippen molar-refractivity contribution in [3.05, 3.63) is 56.1 Å². The Bertz CT molecular complexity index is 408. The first kappa shape index (κ1) is 16.1. The summed E-state index contributed by atoms with van der Waals surface area (Å²) in [4.78, 5) is 19.2. The molecular formula is C14H19N2O4. The zero-order valence-corrected chi connectivity index (χ0v) is 11.4. The van der Waals surface area contributed by atoms with Crippen LogP contribution in [0.3, 0.4) is 0 Å². The number of hydrogen-bond donors (Lipinski definition) is 0. The summed E-state index contributed by atoms with van der Waals surface area (Å²) in [6, 6.07) is 11.0. The van der Waals surface area contributed by atoms with E-state index in [1.807, 2.05) is 24.3 Å². The van der Waals surface area contributed by atoms with Gasteiger partial charge >= 0.3 is 6.17 Å². The van der Waals surface area contributed by atoms with Crippen LogP contribution in [-0.4, -0.2) is 16.0 Å². The molecule has 0 fully saturated rings. The van der Waals surface area contributed by atoms with Gasteiger partial charge in [0.05, 0.1) is 16.3 Å². The van der Waals surface area contributed by atoms with Gasteiger partial charge in [0.25, 0.3) is 0 Å². The number of hydrogen-bond acceptors (Lipinski definition) is 4. The Hall–Kier alpha value is -1.98. The van der Waals surface area contributed by atoms with E-state index in [1.54, 1.807) is 0 Å². The summed E-state index contributed by atoms with van der Waals surface area (Å²) < 4.78 is 0. The normalized spacial score (nSPS) is 10.7. The van der Waals surface area contributed by atoms with Crippen LogP contribution >= 0.6 is 0 Å². The molecule has 0 aliphatic heterocycles. The highest BCUT2D eigenvalue weighted by Gasteiger charge is 2.30. The van der Waals surface area contributed by atoms with Crippen LogP contribution in [-0.2, 0) is 6.42 Å². The minimum Gasteiger partial charge on any atom is -0.259 e. The molecule has 0 heterocycles. The Balaban J connectivity index is 2.05. The fourth-order valence-electron chi connectivity index (χ4n) is 2.05. The second-order valence-electron chi connectivity index (χ2n) is 4.75. The highest BCUT2D eigenvalue weighted by atomic mass is 16.7. The van der Waals surface area contributed by atoms with Gasteiger partial charge in [0.15, 0.2) is 0 Å². The zero-order chi connectivity index (χ0) is 14.8. The van der Waals surface area contributed by atoms with Crippen LogP contribution in [0.4, 0.5) is 0 Å². The maximum atomic E-state index is 10.4. The van der Waals surface area contributed by atoms with Crippen LogP contribution in [0.15, 0.2) is 24.3 Å². The fourth-order valence-corrected chi connectivity index (χ4v) is 2.05. The molecule has 109 valence electrons. The van der Waals surface area contributed by atoms with Crippen molar-refractivity contribution in [2.45, 2.75) is 51.1 Å². The quantitative estimate of drug-likeness (QED) is 0.285. The highest BCUT2D eigenvalue weighted by Crippen LogP contribution is 2.11. The summed E-state index contributed by atoms with van der Waals surface area (Å²) in [5.74, 6) is 0. The summed E-state index contributed by atoms with van der Waals surface area (Å²) in [5.41, 5.74) is 1.19. The molecule has 0 bridgehead atoms. The number of nitro groups is 2. The van der Waals surface area contributed by atoms with E-state index in [0.29, 0.717) is 6.42 Å². The van der Waals surface area contributed by atoms with Gasteiger partial charge in [-0.2, -0.15) is 0 Å². The molecule has 0 saturated heterocycles. The topological polar surface area (TPSA) is 86.3 Å². The van der Waals surface area contributed by atoms with Gasteiger partial charge in [-0.1, -0.05) is 43.5 Å². The van der Waals surface area contributed by atoms with Crippen molar-refractivity contribution in [1.82, 2.24) is 0 Å². The second kappa shape index (κ2) is 9.01. The zero-order valence-electron chi connectivity index (χ0n) is 11.4. The standard InChI is InChI=1S/C14H19N2O4/c17-15(18)14(16(19)20)12-8-3-1-2-5-9-13-10-6-4-7-11-13/h4,6-7,10,14H,1-3,5,8-9,12H2. The molecule has 1 rings (SSSR count). The first-order chi connectivity index (χ1) is 9.61.